The van der Waals surface area contributed by atoms with Gasteiger partial charge in [-0.15, -0.1) is 0 Å². The summed E-state index contributed by atoms with van der Waals surface area (Å²) >= 11 is 3.47. The minimum Gasteiger partial charge on any atom is -0.306 e. The van der Waals surface area contributed by atoms with Crippen molar-refractivity contribution in [2.24, 2.45) is 0 Å². The average molecular weight is 254 g/mol. The molecule has 1 atom stereocenters. The molecule has 0 aliphatic carbocycles. The van der Waals surface area contributed by atoms with Gasteiger partial charge in [-0.2, -0.15) is 0 Å². The van der Waals surface area contributed by atoms with Gasteiger partial charge in [0, 0.05) is 17.1 Å². The molecule has 0 unspecified atom stereocenters. The van der Waals surface area contributed by atoms with Gasteiger partial charge in [0.15, 0.2) is 0 Å². The van der Waals surface area contributed by atoms with E-state index >= 15 is 0 Å². The van der Waals surface area contributed by atoms with E-state index in [9.17, 15) is 0 Å². The van der Waals surface area contributed by atoms with Gasteiger partial charge in [-0.3, -0.25) is 0 Å². The Morgan fingerprint density at radius 2 is 2.29 bits per heavy atom. The van der Waals surface area contributed by atoms with Crippen molar-refractivity contribution >= 4 is 15.9 Å². The molecule has 1 rings (SSSR count). The molecule has 0 aliphatic heterocycles. The fourth-order valence-electron chi connectivity index (χ4n) is 1.22. The highest BCUT2D eigenvalue weighted by Crippen LogP contribution is 2.17. The lowest BCUT2D eigenvalue weighted by molar-refractivity contribution is 0.607. The van der Waals surface area contributed by atoms with Gasteiger partial charge in [0.25, 0.3) is 0 Å². The van der Waals surface area contributed by atoms with Gasteiger partial charge in [-0.05, 0) is 31.5 Å². The molecule has 1 nitrogen and oxygen atoms in total. The number of nitrogens with one attached hydrogen (secondary N) is 1. The van der Waals surface area contributed by atoms with E-state index in [0.29, 0.717) is 6.04 Å². The van der Waals surface area contributed by atoms with Gasteiger partial charge in [0.2, 0.25) is 0 Å². The second-order valence-electron chi connectivity index (χ2n) is 3.61. The SMILES string of the molecule is C=C(C)CN[C@H](C)c1cccc(Br)c1. The summed E-state index contributed by atoms with van der Waals surface area (Å²) < 4.78 is 1.12. The van der Waals surface area contributed by atoms with Crippen LogP contribution in [-0.4, -0.2) is 6.54 Å². The maximum Gasteiger partial charge on any atom is 0.0295 e. The first-order chi connectivity index (χ1) is 6.59. The van der Waals surface area contributed by atoms with Crippen molar-refractivity contribution in [1.82, 2.24) is 5.32 Å². The molecule has 0 radical (unpaired) electrons. The van der Waals surface area contributed by atoms with Crippen LogP contribution in [0, 0.1) is 0 Å². The molecule has 0 heterocycles. The summed E-state index contributed by atoms with van der Waals surface area (Å²) in [6, 6.07) is 8.72. The number of hydrogen-bond donors (Lipinski definition) is 1. The van der Waals surface area contributed by atoms with Gasteiger partial charge in [-0.1, -0.05) is 40.2 Å². The molecule has 76 valence electrons. The monoisotopic (exact) mass is 253 g/mol. The van der Waals surface area contributed by atoms with Crippen LogP contribution in [0.3, 0.4) is 0 Å². The molecule has 0 amide bonds. The molecular formula is C12H16BrN. The van der Waals surface area contributed by atoms with E-state index in [2.05, 4.69) is 52.9 Å². The normalized spacial score (nSPS) is 12.5. The van der Waals surface area contributed by atoms with Gasteiger partial charge in [0.1, 0.15) is 0 Å². The molecule has 0 bridgehead atoms. The van der Waals surface area contributed by atoms with Crippen LogP contribution in [0.1, 0.15) is 25.5 Å². The predicted octanol–water partition coefficient (Wildman–Crippen LogP) is 3.68. The first kappa shape index (κ1) is 11.5. The molecule has 0 fully saturated rings. The lowest BCUT2D eigenvalue weighted by atomic mass is 10.1. The fourth-order valence-corrected chi connectivity index (χ4v) is 1.64. The standard InChI is InChI=1S/C12H16BrN/c1-9(2)8-14-10(3)11-5-4-6-12(13)7-11/h4-7,10,14H,1,8H2,2-3H3/t10-/m1/s1. The van der Waals surface area contributed by atoms with E-state index in [4.69, 9.17) is 0 Å². The Morgan fingerprint density at radius 3 is 2.86 bits per heavy atom. The number of rotatable bonds is 4. The zero-order valence-corrected chi connectivity index (χ0v) is 10.3. The van der Waals surface area contributed by atoms with Crippen LogP contribution in [0.4, 0.5) is 0 Å². The number of hydrogen-bond acceptors (Lipinski definition) is 1. The van der Waals surface area contributed by atoms with Crippen LogP contribution in [0.5, 0.6) is 0 Å². The van der Waals surface area contributed by atoms with Crippen LogP contribution >= 0.6 is 15.9 Å². The van der Waals surface area contributed by atoms with E-state index in [1.54, 1.807) is 0 Å². The summed E-state index contributed by atoms with van der Waals surface area (Å²) in [4.78, 5) is 0. The molecule has 0 spiro atoms. The molecule has 1 aromatic rings. The van der Waals surface area contributed by atoms with Crippen molar-refractivity contribution in [1.29, 1.82) is 0 Å². The largest absolute Gasteiger partial charge is 0.306 e. The Hall–Kier alpha value is -0.600. The first-order valence-corrected chi connectivity index (χ1v) is 5.52. The minimum atomic E-state index is 0.365. The first-order valence-electron chi connectivity index (χ1n) is 4.73. The van der Waals surface area contributed by atoms with Crippen molar-refractivity contribution in [2.75, 3.05) is 6.54 Å². The molecule has 1 aromatic carbocycles. The Morgan fingerprint density at radius 1 is 1.57 bits per heavy atom. The Kier molecular flexibility index (Phi) is 4.36. The summed E-state index contributed by atoms with van der Waals surface area (Å²) in [7, 11) is 0. The van der Waals surface area contributed by atoms with Crippen LogP contribution in [0.2, 0.25) is 0 Å². The average Bonchev–Trinajstić information content (AvgIpc) is 2.14. The Balaban J connectivity index is 2.60. The quantitative estimate of drug-likeness (QED) is 0.808. The molecule has 0 aromatic heterocycles. The van der Waals surface area contributed by atoms with Crippen molar-refractivity contribution < 1.29 is 0 Å². The Labute approximate surface area is 94.3 Å². The molecule has 1 N–H and O–H groups in total. The fraction of sp³-hybridized carbons (Fsp3) is 0.333. The zero-order valence-electron chi connectivity index (χ0n) is 8.68. The smallest absolute Gasteiger partial charge is 0.0295 e. The zero-order chi connectivity index (χ0) is 10.6. The van der Waals surface area contributed by atoms with Crippen molar-refractivity contribution in [2.45, 2.75) is 19.9 Å². The molecule has 0 saturated carbocycles. The maximum atomic E-state index is 3.87. The third-order valence-corrected chi connectivity index (χ3v) is 2.55. The third-order valence-electron chi connectivity index (χ3n) is 2.06. The summed E-state index contributed by atoms with van der Waals surface area (Å²) in [6.07, 6.45) is 0. The molecule has 0 aliphatic rings. The van der Waals surface area contributed by atoms with E-state index in [1.165, 1.54) is 5.56 Å². The summed E-state index contributed by atoms with van der Waals surface area (Å²) in [5.74, 6) is 0. The molecule has 2 heteroatoms. The van der Waals surface area contributed by atoms with Crippen LogP contribution in [0.25, 0.3) is 0 Å². The summed E-state index contributed by atoms with van der Waals surface area (Å²) in [6.45, 7) is 8.92. The third kappa shape index (κ3) is 3.64. The topological polar surface area (TPSA) is 12.0 Å². The number of benzene rings is 1. The second-order valence-corrected chi connectivity index (χ2v) is 4.53. The van der Waals surface area contributed by atoms with Crippen molar-refractivity contribution in [3.8, 4) is 0 Å². The molecule has 0 saturated heterocycles. The van der Waals surface area contributed by atoms with E-state index in [0.717, 1.165) is 16.6 Å². The lowest BCUT2D eigenvalue weighted by Crippen LogP contribution is -2.20. The van der Waals surface area contributed by atoms with Crippen LogP contribution in [0.15, 0.2) is 40.9 Å². The van der Waals surface area contributed by atoms with Gasteiger partial charge >= 0.3 is 0 Å². The van der Waals surface area contributed by atoms with Gasteiger partial charge in [-0.25, -0.2) is 0 Å². The summed E-state index contributed by atoms with van der Waals surface area (Å²) in [5, 5.41) is 3.41. The highest BCUT2D eigenvalue weighted by atomic mass is 79.9. The van der Waals surface area contributed by atoms with Crippen molar-refractivity contribution in [3.63, 3.8) is 0 Å². The van der Waals surface area contributed by atoms with Crippen molar-refractivity contribution in [3.05, 3.63) is 46.5 Å². The molecular weight excluding hydrogens is 238 g/mol. The highest BCUT2D eigenvalue weighted by Gasteiger charge is 2.03. The van der Waals surface area contributed by atoms with Crippen LogP contribution < -0.4 is 5.32 Å². The van der Waals surface area contributed by atoms with Crippen LogP contribution in [-0.2, 0) is 0 Å². The second kappa shape index (κ2) is 5.32. The Bertz CT molecular complexity index is 320. The highest BCUT2D eigenvalue weighted by molar-refractivity contribution is 9.10. The van der Waals surface area contributed by atoms with E-state index in [1.807, 2.05) is 13.0 Å². The van der Waals surface area contributed by atoms with E-state index < -0.39 is 0 Å². The minimum absolute atomic E-state index is 0.365. The van der Waals surface area contributed by atoms with Gasteiger partial charge < -0.3 is 5.32 Å². The lowest BCUT2D eigenvalue weighted by Gasteiger charge is -2.14. The maximum absolute atomic E-state index is 3.87. The molecule has 14 heavy (non-hydrogen) atoms. The number of halogens is 1. The predicted molar refractivity (Wildman–Crippen MR) is 65.4 cm³/mol. The van der Waals surface area contributed by atoms with E-state index in [-0.39, 0.29) is 0 Å². The van der Waals surface area contributed by atoms with Gasteiger partial charge in [0.05, 0.1) is 0 Å². The summed E-state index contributed by atoms with van der Waals surface area (Å²) in [5.41, 5.74) is 2.45.